The molecule has 0 aliphatic heterocycles. The largest absolute Gasteiger partial charge is 0.263 e. The van der Waals surface area contributed by atoms with Crippen molar-refractivity contribution in [3.63, 3.8) is 0 Å². The quantitative estimate of drug-likeness (QED) is 0.824. The molecule has 3 heteroatoms. The summed E-state index contributed by atoms with van der Waals surface area (Å²) in [5, 5.41) is 0.897. The lowest BCUT2D eigenvalue weighted by molar-refractivity contribution is 0.886. The summed E-state index contributed by atoms with van der Waals surface area (Å²) in [6.45, 7) is 0. The van der Waals surface area contributed by atoms with Gasteiger partial charge in [0.25, 0.3) is 0 Å². The Balaban J connectivity index is 1.85. The van der Waals surface area contributed by atoms with E-state index in [0.717, 1.165) is 15.5 Å². The van der Waals surface area contributed by atoms with Crippen molar-refractivity contribution >= 4 is 27.7 Å². The van der Waals surface area contributed by atoms with Gasteiger partial charge in [-0.25, -0.2) is 0 Å². The number of rotatable bonds is 3. The maximum absolute atomic E-state index is 4.17. The molecule has 76 valence electrons. The first-order valence-corrected chi connectivity index (χ1v) is 6.90. The molecule has 0 spiro atoms. The van der Waals surface area contributed by atoms with Gasteiger partial charge in [0.2, 0.25) is 0 Å². The highest BCUT2D eigenvalue weighted by Gasteiger charge is 2.14. The minimum atomic E-state index is 0.897. The summed E-state index contributed by atoms with van der Waals surface area (Å²) in [6.07, 6.45) is 9.47. The zero-order valence-corrected chi connectivity index (χ0v) is 10.5. The Morgan fingerprint density at radius 2 is 2.14 bits per heavy atom. The monoisotopic (exact) mass is 271 g/mol. The highest BCUT2D eigenvalue weighted by Crippen LogP contribution is 2.31. The number of pyridine rings is 1. The van der Waals surface area contributed by atoms with Crippen LogP contribution in [0.5, 0.6) is 0 Å². The Morgan fingerprint density at radius 1 is 1.36 bits per heavy atom. The molecule has 0 aromatic carbocycles. The number of hydrogen-bond donors (Lipinski definition) is 0. The standard InChI is InChI=1S/C11H14BrNS/c12-10-5-9(6-13-7-10)8-14-11-3-1-2-4-11/h5-7,11H,1-4,8H2. The van der Waals surface area contributed by atoms with Crippen LogP contribution in [0.3, 0.4) is 0 Å². The van der Waals surface area contributed by atoms with E-state index in [1.54, 1.807) is 0 Å². The van der Waals surface area contributed by atoms with Crippen molar-refractivity contribution in [3.8, 4) is 0 Å². The third-order valence-corrected chi connectivity index (χ3v) is 4.43. The van der Waals surface area contributed by atoms with E-state index in [0.29, 0.717) is 0 Å². The van der Waals surface area contributed by atoms with Crippen molar-refractivity contribution in [1.29, 1.82) is 0 Å². The maximum atomic E-state index is 4.17. The summed E-state index contributed by atoms with van der Waals surface area (Å²) in [4.78, 5) is 4.17. The minimum absolute atomic E-state index is 0.897. The SMILES string of the molecule is Brc1cncc(CSC2CCCC2)c1. The second kappa shape index (κ2) is 5.17. The second-order valence-corrected chi connectivity index (χ2v) is 5.93. The molecule has 0 bridgehead atoms. The fraction of sp³-hybridized carbons (Fsp3) is 0.545. The van der Waals surface area contributed by atoms with Crippen molar-refractivity contribution in [2.75, 3.05) is 0 Å². The molecule has 0 saturated heterocycles. The normalized spacial score (nSPS) is 17.5. The van der Waals surface area contributed by atoms with Crippen LogP contribution in [0, 0.1) is 0 Å². The Labute approximate surface area is 97.8 Å². The first-order chi connectivity index (χ1) is 6.84. The summed E-state index contributed by atoms with van der Waals surface area (Å²) in [5.41, 5.74) is 1.33. The second-order valence-electron chi connectivity index (χ2n) is 3.73. The molecule has 0 atom stereocenters. The number of halogens is 1. The lowest BCUT2D eigenvalue weighted by Gasteiger charge is -2.08. The van der Waals surface area contributed by atoms with Gasteiger partial charge in [0.1, 0.15) is 0 Å². The molecule has 1 aromatic heterocycles. The first kappa shape index (κ1) is 10.5. The van der Waals surface area contributed by atoms with Gasteiger partial charge in [0.05, 0.1) is 0 Å². The van der Waals surface area contributed by atoms with Crippen molar-refractivity contribution in [1.82, 2.24) is 4.98 Å². The summed E-state index contributed by atoms with van der Waals surface area (Å²) in [7, 11) is 0. The maximum Gasteiger partial charge on any atom is 0.0410 e. The molecule has 1 aromatic rings. The topological polar surface area (TPSA) is 12.9 Å². The van der Waals surface area contributed by atoms with E-state index < -0.39 is 0 Å². The molecule has 0 radical (unpaired) electrons. The highest BCUT2D eigenvalue weighted by molar-refractivity contribution is 9.10. The molecular weight excluding hydrogens is 258 g/mol. The van der Waals surface area contributed by atoms with E-state index in [9.17, 15) is 0 Å². The first-order valence-electron chi connectivity index (χ1n) is 5.05. The van der Waals surface area contributed by atoms with E-state index in [2.05, 4.69) is 38.7 Å². The highest BCUT2D eigenvalue weighted by atomic mass is 79.9. The van der Waals surface area contributed by atoms with E-state index in [1.165, 1.54) is 31.2 Å². The third kappa shape index (κ3) is 2.99. The van der Waals surface area contributed by atoms with Crippen LogP contribution >= 0.6 is 27.7 Å². The smallest absolute Gasteiger partial charge is 0.0410 e. The molecule has 1 aliphatic carbocycles. The van der Waals surface area contributed by atoms with Crippen LogP contribution in [-0.2, 0) is 5.75 Å². The van der Waals surface area contributed by atoms with Gasteiger partial charge in [-0.05, 0) is 40.4 Å². The van der Waals surface area contributed by atoms with Gasteiger partial charge in [-0.1, -0.05) is 12.8 Å². The lowest BCUT2D eigenvalue weighted by Crippen LogP contribution is -1.95. The molecule has 1 fully saturated rings. The summed E-state index contributed by atoms with van der Waals surface area (Å²) < 4.78 is 1.09. The molecule has 0 unspecified atom stereocenters. The van der Waals surface area contributed by atoms with Crippen LogP contribution in [0.4, 0.5) is 0 Å². The van der Waals surface area contributed by atoms with Crippen molar-refractivity contribution in [2.24, 2.45) is 0 Å². The molecule has 14 heavy (non-hydrogen) atoms. The predicted molar refractivity (Wildman–Crippen MR) is 65.5 cm³/mol. The summed E-state index contributed by atoms with van der Waals surface area (Å²) in [5.74, 6) is 1.11. The Kier molecular flexibility index (Phi) is 3.88. The summed E-state index contributed by atoms with van der Waals surface area (Å²) >= 11 is 5.53. The predicted octanol–water partition coefficient (Wildman–Crippen LogP) is 4.02. The molecular formula is C11H14BrNS. The molecule has 1 nitrogen and oxygen atoms in total. The third-order valence-electron chi connectivity index (χ3n) is 2.55. The lowest BCUT2D eigenvalue weighted by atomic mass is 10.3. The van der Waals surface area contributed by atoms with Gasteiger partial charge in [-0.15, -0.1) is 0 Å². The van der Waals surface area contributed by atoms with Crippen LogP contribution in [0.25, 0.3) is 0 Å². The summed E-state index contributed by atoms with van der Waals surface area (Å²) in [6, 6.07) is 2.16. The fourth-order valence-electron chi connectivity index (χ4n) is 1.80. The van der Waals surface area contributed by atoms with Crippen molar-refractivity contribution < 1.29 is 0 Å². The zero-order chi connectivity index (χ0) is 9.80. The van der Waals surface area contributed by atoms with Crippen molar-refractivity contribution in [2.45, 2.75) is 36.7 Å². The Hall–Kier alpha value is -0.0200. The van der Waals surface area contributed by atoms with Gasteiger partial charge >= 0.3 is 0 Å². The number of thioether (sulfide) groups is 1. The molecule has 0 amide bonds. The van der Waals surface area contributed by atoms with Gasteiger partial charge in [0.15, 0.2) is 0 Å². The zero-order valence-electron chi connectivity index (χ0n) is 8.08. The van der Waals surface area contributed by atoms with Crippen molar-refractivity contribution in [3.05, 3.63) is 28.5 Å². The van der Waals surface area contributed by atoms with Gasteiger partial charge in [-0.3, -0.25) is 4.98 Å². The number of nitrogens with zero attached hydrogens (tertiary/aromatic N) is 1. The van der Waals surface area contributed by atoms with E-state index in [1.807, 2.05) is 12.4 Å². The average Bonchev–Trinajstić information content (AvgIpc) is 2.67. The van der Waals surface area contributed by atoms with Crippen LogP contribution in [0.15, 0.2) is 22.9 Å². The van der Waals surface area contributed by atoms with E-state index in [-0.39, 0.29) is 0 Å². The van der Waals surface area contributed by atoms with Crippen LogP contribution in [0.1, 0.15) is 31.2 Å². The molecule has 1 aliphatic rings. The number of aromatic nitrogens is 1. The van der Waals surface area contributed by atoms with E-state index in [4.69, 9.17) is 0 Å². The molecule has 1 heterocycles. The van der Waals surface area contributed by atoms with E-state index >= 15 is 0 Å². The number of hydrogen-bond acceptors (Lipinski definition) is 2. The Bertz CT molecular complexity index is 297. The van der Waals surface area contributed by atoms with Crippen LogP contribution in [0.2, 0.25) is 0 Å². The van der Waals surface area contributed by atoms with Gasteiger partial charge in [-0.2, -0.15) is 11.8 Å². The minimum Gasteiger partial charge on any atom is -0.263 e. The molecule has 1 saturated carbocycles. The average molecular weight is 272 g/mol. The van der Waals surface area contributed by atoms with Gasteiger partial charge in [0, 0.05) is 27.9 Å². The van der Waals surface area contributed by atoms with Crippen LogP contribution < -0.4 is 0 Å². The fourth-order valence-corrected chi connectivity index (χ4v) is 3.47. The molecule has 0 N–H and O–H groups in total. The molecule has 2 rings (SSSR count). The van der Waals surface area contributed by atoms with Crippen LogP contribution in [-0.4, -0.2) is 10.2 Å². The van der Waals surface area contributed by atoms with Gasteiger partial charge < -0.3 is 0 Å². The Morgan fingerprint density at radius 3 is 2.86 bits per heavy atom.